The fourth-order valence-electron chi connectivity index (χ4n) is 3.05. The number of fused-ring (bicyclic) bond motifs is 1. The van der Waals surface area contributed by atoms with Gasteiger partial charge in [0.2, 0.25) is 0 Å². The van der Waals surface area contributed by atoms with Crippen LogP contribution in [0, 0.1) is 0 Å². The fraction of sp³-hybridized carbons (Fsp3) is 0.261. The number of benzene rings is 2. The van der Waals surface area contributed by atoms with Gasteiger partial charge >= 0.3 is 5.97 Å². The van der Waals surface area contributed by atoms with E-state index in [1.54, 1.807) is 18.2 Å². The van der Waals surface area contributed by atoms with E-state index in [9.17, 15) is 9.59 Å². The number of halogens is 2. The van der Waals surface area contributed by atoms with Crippen molar-refractivity contribution >= 4 is 45.9 Å². The third-order valence-corrected chi connectivity index (χ3v) is 5.29. The molecule has 2 aromatic carbocycles. The molecule has 1 unspecified atom stereocenters. The van der Waals surface area contributed by atoms with Crippen LogP contribution in [-0.4, -0.2) is 23.5 Å². The molecule has 0 radical (unpaired) electrons. The maximum atomic E-state index is 13.0. The number of carbonyl (C=O) groups is 2. The maximum absolute atomic E-state index is 13.0. The summed E-state index contributed by atoms with van der Waals surface area (Å²) in [5.74, 6) is -0.682. The second kappa shape index (κ2) is 10.4. The summed E-state index contributed by atoms with van der Waals surface area (Å²) in [7, 11) is 0. The topological polar surface area (TPSA) is 68.3 Å². The number of carbonyl (C=O) groups excluding carboxylic acids is 2. The summed E-state index contributed by atoms with van der Waals surface area (Å²) in [6, 6.07) is 13.9. The second-order valence-electron chi connectivity index (χ2n) is 6.87. The van der Waals surface area contributed by atoms with Crippen molar-refractivity contribution in [3.63, 3.8) is 0 Å². The van der Waals surface area contributed by atoms with Crippen LogP contribution < -0.4 is 5.32 Å². The first-order chi connectivity index (χ1) is 14.5. The molecule has 0 saturated heterocycles. The molecule has 30 heavy (non-hydrogen) atoms. The molecule has 0 spiro atoms. The Bertz CT molecular complexity index is 1040. The predicted octanol–water partition coefficient (Wildman–Crippen LogP) is 5.75. The van der Waals surface area contributed by atoms with Crippen LogP contribution in [0.3, 0.4) is 0 Å². The molecule has 1 N–H and O–H groups in total. The SMILES string of the molecule is CCCCOC(=O)CC(NC(=O)c1ccc2c(Cl)cnc(Cl)c2c1)c1ccccc1. The number of rotatable bonds is 8. The van der Waals surface area contributed by atoms with E-state index < -0.39 is 6.04 Å². The number of hydrogen-bond acceptors (Lipinski definition) is 4. The van der Waals surface area contributed by atoms with E-state index >= 15 is 0 Å². The summed E-state index contributed by atoms with van der Waals surface area (Å²) in [6.07, 6.45) is 3.26. The molecule has 1 aromatic heterocycles. The fourth-order valence-corrected chi connectivity index (χ4v) is 3.47. The highest BCUT2D eigenvalue weighted by molar-refractivity contribution is 6.39. The normalized spacial score (nSPS) is 11.8. The van der Waals surface area contributed by atoms with Gasteiger partial charge in [0.15, 0.2) is 0 Å². The zero-order valence-corrected chi connectivity index (χ0v) is 18.0. The van der Waals surface area contributed by atoms with E-state index in [0.717, 1.165) is 18.4 Å². The Kier molecular flexibility index (Phi) is 7.66. The number of unbranched alkanes of at least 4 members (excludes halogenated alkanes) is 1. The first-order valence-corrected chi connectivity index (χ1v) is 10.5. The summed E-state index contributed by atoms with van der Waals surface area (Å²) in [6.45, 7) is 2.40. The molecule has 156 valence electrons. The Hall–Kier alpha value is -2.63. The molecule has 1 amide bonds. The monoisotopic (exact) mass is 444 g/mol. The molecule has 0 aliphatic carbocycles. The lowest BCUT2D eigenvalue weighted by atomic mass is 10.0. The number of pyridine rings is 1. The van der Waals surface area contributed by atoms with E-state index in [1.807, 2.05) is 37.3 Å². The summed E-state index contributed by atoms with van der Waals surface area (Å²) in [5.41, 5.74) is 1.22. The van der Waals surface area contributed by atoms with Gasteiger partial charge in [0, 0.05) is 22.5 Å². The van der Waals surface area contributed by atoms with Crippen molar-refractivity contribution in [2.75, 3.05) is 6.61 Å². The molecular weight excluding hydrogens is 423 g/mol. The Labute approximate surface area is 185 Å². The quantitative estimate of drug-likeness (QED) is 0.273. The summed E-state index contributed by atoms with van der Waals surface area (Å²) < 4.78 is 5.28. The van der Waals surface area contributed by atoms with Crippen molar-refractivity contribution in [3.8, 4) is 0 Å². The molecule has 0 saturated carbocycles. The minimum Gasteiger partial charge on any atom is -0.466 e. The van der Waals surface area contributed by atoms with Gasteiger partial charge in [-0.05, 0) is 24.1 Å². The van der Waals surface area contributed by atoms with Crippen LogP contribution >= 0.6 is 23.2 Å². The van der Waals surface area contributed by atoms with Crippen LogP contribution in [-0.2, 0) is 9.53 Å². The van der Waals surface area contributed by atoms with Gasteiger partial charge in [0.25, 0.3) is 5.91 Å². The lowest BCUT2D eigenvalue weighted by Gasteiger charge is -2.19. The molecule has 1 heterocycles. The van der Waals surface area contributed by atoms with Crippen LogP contribution in [0.2, 0.25) is 10.2 Å². The van der Waals surface area contributed by atoms with Crippen molar-refractivity contribution in [2.24, 2.45) is 0 Å². The highest BCUT2D eigenvalue weighted by Crippen LogP contribution is 2.29. The lowest BCUT2D eigenvalue weighted by molar-refractivity contribution is -0.144. The van der Waals surface area contributed by atoms with E-state index in [4.69, 9.17) is 27.9 Å². The average molecular weight is 445 g/mol. The molecule has 0 aliphatic rings. The van der Waals surface area contributed by atoms with Crippen molar-refractivity contribution < 1.29 is 14.3 Å². The van der Waals surface area contributed by atoms with Gasteiger partial charge in [0.05, 0.1) is 24.1 Å². The number of ether oxygens (including phenoxy) is 1. The van der Waals surface area contributed by atoms with E-state index in [-0.39, 0.29) is 23.5 Å². The highest BCUT2D eigenvalue weighted by atomic mass is 35.5. The van der Waals surface area contributed by atoms with Gasteiger partial charge in [-0.1, -0.05) is 72.9 Å². The van der Waals surface area contributed by atoms with Crippen molar-refractivity contribution in [1.29, 1.82) is 0 Å². The number of aromatic nitrogens is 1. The molecule has 7 heteroatoms. The van der Waals surface area contributed by atoms with E-state index in [0.29, 0.717) is 28.0 Å². The standard InChI is InChI=1S/C23H22Cl2N2O3/c1-2-3-11-30-21(28)13-20(15-7-5-4-6-8-15)27-23(29)16-9-10-17-18(12-16)22(25)26-14-19(17)24/h4-10,12,14,20H,2-3,11,13H2,1H3,(H,27,29). The lowest BCUT2D eigenvalue weighted by Crippen LogP contribution is -2.30. The molecule has 3 rings (SSSR count). The van der Waals surface area contributed by atoms with Crippen LogP contribution in [0.1, 0.15) is 48.1 Å². The third-order valence-electron chi connectivity index (χ3n) is 4.69. The zero-order chi connectivity index (χ0) is 21.5. The van der Waals surface area contributed by atoms with Gasteiger partial charge < -0.3 is 10.1 Å². The Morgan fingerprint density at radius 1 is 1.10 bits per heavy atom. The minimum atomic E-state index is -0.517. The van der Waals surface area contributed by atoms with Gasteiger partial charge in [-0.25, -0.2) is 4.98 Å². The van der Waals surface area contributed by atoms with Gasteiger partial charge in [-0.15, -0.1) is 0 Å². The van der Waals surface area contributed by atoms with E-state index in [1.165, 1.54) is 6.20 Å². The maximum Gasteiger partial charge on any atom is 0.308 e. The van der Waals surface area contributed by atoms with Crippen LogP contribution in [0.15, 0.2) is 54.7 Å². The molecule has 5 nitrogen and oxygen atoms in total. The summed E-state index contributed by atoms with van der Waals surface area (Å²) in [4.78, 5) is 29.2. The average Bonchev–Trinajstić information content (AvgIpc) is 2.76. The van der Waals surface area contributed by atoms with Gasteiger partial charge in [-0.3, -0.25) is 9.59 Å². The summed E-state index contributed by atoms with van der Waals surface area (Å²) in [5, 5.41) is 4.96. The smallest absolute Gasteiger partial charge is 0.308 e. The van der Waals surface area contributed by atoms with Gasteiger partial charge in [0.1, 0.15) is 5.15 Å². The van der Waals surface area contributed by atoms with Crippen LogP contribution in [0.4, 0.5) is 0 Å². The van der Waals surface area contributed by atoms with Crippen molar-refractivity contribution in [3.05, 3.63) is 76.0 Å². The Balaban J connectivity index is 1.81. The summed E-state index contributed by atoms with van der Waals surface area (Å²) >= 11 is 12.3. The highest BCUT2D eigenvalue weighted by Gasteiger charge is 2.20. The predicted molar refractivity (Wildman–Crippen MR) is 119 cm³/mol. The molecule has 0 bridgehead atoms. The first-order valence-electron chi connectivity index (χ1n) is 9.74. The largest absolute Gasteiger partial charge is 0.466 e. The number of amides is 1. The molecule has 1 atom stereocenters. The number of esters is 1. The second-order valence-corrected chi connectivity index (χ2v) is 7.64. The molecular formula is C23H22Cl2N2O3. The van der Waals surface area contributed by atoms with Crippen molar-refractivity contribution in [1.82, 2.24) is 10.3 Å². The Morgan fingerprint density at radius 2 is 1.87 bits per heavy atom. The minimum absolute atomic E-state index is 0.0428. The van der Waals surface area contributed by atoms with Gasteiger partial charge in [-0.2, -0.15) is 0 Å². The Morgan fingerprint density at radius 3 is 2.60 bits per heavy atom. The number of nitrogens with one attached hydrogen (secondary N) is 1. The third kappa shape index (κ3) is 5.49. The van der Waals surface area contributed by atoms with Crippen molar-refractivity contribution in [2.45, 2.75) is 32.2 Å². The van der Waals surface area contributed by atoms with E-state index in [2.05, 4.69) is 10.3 Å². The first kappa shape index (κ1) is 22.1. The number of nitrogens with zero attached hydrogens (tertiary/aromatic N) is 1. The molecule has 0 aliphatic heterocycles. The zero-order valence-electron chi connectivity index (χ0n) is 16.5. The van der Waals surface area contributed by atoms with Crippen LogP contribution in [0.5, 0.6) is 0 Å². The molecule has 3 aromatic rings. The number of hydrogen-bond donors (Lipinski definition) is 1. The molecule has 0 fully saturated rings. The van der Waals surface area contributed by atoms with Crippen LogP contribution in [0.25, 0.3) is 10.8 Å².